The molecule has 0 spiro atoms. The summed E-state index contributed by atoms with van der Waals surface area (Å²) in [6.07, 6.45) is -3.29. The Morgan fingerprint density at radius 3 is 2.40 bits per heavy atom. The number of aromatic nitrogens is 1. The molecule has 0 radical (unpaired) electrons. The molecule has 0 bridgehead atoms. The fourth-order valence-electron chi connectivity index (χ4n) is 1.82. The summed E-state index contributed by atoms with van der Waals surface area (Å²) in [5.41, 5.74) is 4.05. The van der Waals surface area contributed by atoms with E-state index in [1.165, 1.54) is 0 Å². The number of amides is 1. The summed E-state index contributed by atoms with van der Waals surface area (Å²) in [6, 6.07) is 0. The zero-order valence-electron chi connectivity index (χ0n) is 11.4. The number of rotatable bonds is 6. The van der Waals surface area contributed by atoms with Gasteiger partial charge in [0, 0.05) is 11.9 Å². The van der Waals surface area contributed by atoms with Crippen LogP contribution in [0.2, 0.25) is 0 Å². The Morgan fingerprint density at radius 1 is 1.40 bits per heavy atom. The van der Waals surface area contributed by atoms with E-state index in [2.05, 4.69) is 10.3 Å². The zero-order valence-corrected chi connectivity index (χ0v) is 12.2. The molecule has 1 rings (SSSR count). The van der Waals surface area contributed by atoms with E-state index in [-0.39, 0.29) is 24.0 Å². The predicted octanol–water partition coefficient (Wildman–Crippen LogP) is 2.54. The molecule has 0 aliphatic heterocycles. The molecule has 114 valence electrons. The van der Waals surface area contributed by atoms with E-state index in [0.29, 0.717) is 12.8 Å². The summed E-state index contributed by atoms with van der Waals surface area (Å²) >= 11 is 0.875. The molecule has 1 aromatic heterocycles. The maximum atomic E-state index is 12.4. The minimum absolute atomic E-state index is 0.0126. The van der Waals surface area contributed by atoms with Crippen LogP contribution in [-0.2, 0) is 17.5 Å². The second-order valence-corrected chi connectivity index (χ2v) is 5.44. The quantitative estimate of drug-likeness (QED) is 0.848. The van der Waals surface area contributed by atoms with Crippen LogP contribution in [0.1, 0.15) is 37.4 Å². The maximum Gasteiger partial charge on any atom is 0.434 e. The van der Waals surface area contributed by atoms with Gasteiger partial charge in [-0.15, -0.1) is 11.3 Å². The lowest BCUT2D eigenvalue weighted by Crippen LogP contribution is -2.45. The molecule has 1 heterocycles. The van der Waals surface area contributed by atoms with Crippen molar-refractivity contribution < 1.29 is 18.0 Å². The van der Waals surface area contributed by atoms with Crippen LogP contribution in [0.3, 0.4) is 0 Å². The molecule has 3 N–H and O–H groups in total. The number of alkyl halides is 3. The Hall–Kier alpha value is -1.15. The van der Waals surface area contributed by atoms with Gasteiger partial charge in [0.15, 0.2) is 5.69 Å². The highest BCUT2D eigenvalue weighted by molar-refractivity contribution is 7.09. The van der Waals surface area contributed by atoms with Crippen molar-refractivity contribution in [1.29, 1.82) is 0 Å². The van der Waals surface area contributed by atoms with E-state index in [4.69, 9.17) is 5.73 Å². The summed E-state index contributed by atoms with van der Waals surface area (Å²) in [6.45, 7) is 3.92. The number of hydrogen-bond acceptors (Lipinski definition) is 4. The van der Waals surface area contributed by atoms with Crippen LogP contribution < -0.4 is 11.1 Å². The first-order valence-electron chi connectivity index (χ1n) is 6.29. The first-order valence-corrected chi connectivity index (χ1v) is 7.17. The largest absolute Gasteiger partial charge is 0.434 e. The van der Waals surface area contributed by atoms with Gasteiger partial charge < -0.3 is 11.1 Å². The van der Waals surface area contributed by atoms with Crippen molar-refractivity contribution in [2.75, 3.05) is 6.54 Å². The van der Waals surface area contributed by atoms with E-state index < -0.39 is 17.3 Å². The van der Waals surface area contributed by atoms with E-state index in [1.54, 1.807) is 0 Å². The van der Waals surface area contributed by atoms with Crippen molar-refractivity contribution in [3.05, 3.63) is 16.1 Å². The number of nitrogens with zero attached hydrogens (tertiary/aromatic N) is 1. The Labute approximate surface area is 119 Å². The average Bonchev–Trinajstić information content (AvgIpc) is 2.88. The van der Waals surface area contributed by atoms with Gasteiger partial charge in [-0.3, -0.25) is 4.79 Å². The molecule has 0 aliphatic carbocycles. The molecule has 4 nitrogen and oxygen atoms in total. The second-order valence-electron chi connectivity index (χ2n) is 4.50. The predicted molar refractivity (Wildman–Crippen MR) is 71.0 cm³/mol. The molecule has 0 atom stereocenters. The van der Waals surface area contributed by atoms with Gasteiger partial charge in [-0.2, -0.15) is 13.2 Å². The third-order valence-corrected chi connectivity index (χ3v) is 4.32. The monoisotopic (exact) mass is 309 g/mol. The number of carbonyl (C=O) groups excluding carboxylic acids is 1. The maximum absolute atomic E-state index is 12.4. The van der Waals surface area contributed by atoms with Gasteiger partial charge in [0.25, 0.3) is 0 Å². The molecule has 20 heavy (non-hydrogen) atoms. The van der Waals surface area contributed by atoms with Crippen molar-refractivity contribution in [2.45, 2.75) is 39.4 Å². The molecular formula is C12H18F3N3OS. The Bertz CT molecular complexity index is 447. The lowest BCUT2D eigenvalue weighted by Gasteiger charge is -2.28. The van der Waals surface area contributed by atoms with Gasteiger partial charge in [-0.05, 0) is 12.8 Å². The SMILES string of the molecule is CCC(CC)(CN)C(=O)NCc1nc(C(F)(F)F)cs1. The van der Waals surface area contributed by atoms with Gasteiger partial charge in [-0.25, -0.2) is 4.98 Å². The normalized spacial score (nSPS) is 12.5. The molecule has 1 amide bonds. The number of carbonyl (C=O) groups is 1. The molecule has 0 fully saturated rings. The highest BCUT2D eigenvalue weighted by atomic mass is 32.1. The van der Waals surface area contributed by atoms with E-state index in [0.717, 1.165) is 16.7 Å². The Kier molecular flexibility index (Phi) is 5.52. The third kappa shape index (κ3) is 3.69. The van der Waals surface area contributed by atoms with Crippen LogP contribution >= 0.6 is 11.3 Å². The lowest BCUT2D eigenvalue weighted by atomic mass is 9.81. The molecule has 0 saturated carbocycles. The first-order chi connectivity index (χ1) is 9.29. The van der Waals surface area contributed by atoms with Crippen molar-refractivity contribution in [3.8, 4) is 0 Å². The Morgan fingerprint density at radius 2 is 2.00 bits per heavy atom. The third-order valence-electron chi connectivity index (χ3n) is 3.47. The molecule has 8 heteroatoms. The van der Waals surface area contributed by atoms with Gasteiger partial charge in [-0.1, -0.05) is 13.8 Å². The highest BCUT2D eigenvalue weighted by Gasteiger charge is 2.35. The van der Waals surface area contributed by atoms with Crippen LogP contribution in [0.25, 0.3) is 0 Å². The fourth-order valence-corrected chi connectivity index (χ4v) is 2.56. The standard InChI is InChI=1S/C12H18F3N3OS/c1-3-11(4-2,7-16)10(19)17-5-9-18-8(6-20-9)12(13,14)15/h6H,3-5,7,16H2,1-2H3,(H,17,19). The van der Waals surface area contributed by atoms with Crippen LogP contribution in [0.15, 0.2) is 5.38 Å². The summed E-state index contributed by atoms with van der Waals surface area (Å²) in [5, 5.41) is 3.79. The van der Waals surface area contributed by atoms with Gasteiger partial charge >= 0.3 is 6.18 Å². The number of nitrogens with one attached hydrogen (secondary N) is 1. The Balaban J connectivity index is 2.68. The number of nitrogens with two attached hydrogens (primary N) is 1. The van der Waals surface area contributed by atoms with E-state index >= 15 is 0 Å². The van der Waals surface area contributed by atoms with Crippen LogP contribution in [0.4, 0.5) is 13.2 Å². The van der Waals surface area contributed by atoms with E-state index in [9.17, 15) is 18.0 Å². The van der Waals surface area contributed by atoms with Crippen LogP contribution in [0.5, 0.6) is 0 Å². The minimum Gasteiger partial charge on any atom is -0.349 e. The fraction of sp³-hybridized carbons (Fsp3) is 0.667. The molecule has 0 aromatic carbocycles. The summed E-state index contributed by atoms with van der Waals surface area (Å²) in [5.74, 6) is -0.242. The summed E-state index contributed by atoms with van der Waals surface area (Å²) in [4.78, 5) is 15.6. The summed E-state index contributed by atoms with van der Waals surface area (Å²) < 4.78 is 37.2. The lowest BCUT2D eigenvalue weighted by molar-refractivity contribution is -0.140. The molecule has 0 saturated heterocycles. The second kappa shape index (κ2) is 6.53. The number of halogens is 3. The number of hydrogen-bond donors (Lipinski definition) is 2. The van der Waals surface area contributed by atoms with Crippen molar-refractivity contribution in [2.24, 2.45) is 11.1 Å². The van der Waals surface area contributed by atoms with Crippen molar-refractivity contribution in [3.63, 3.8) is 0 Å². The minimum atomic E-state index is -4.45. The smallest absolute Gasteiger partial charge is 0.349 e. The van der Waals surface area contributed by atoms with Crippen molar-refractivity contribution >= 4 is 17.2 Å². The average molecular weight is 309 g/mol. The molecule has 0 unspecified atom stereocenters. The topological polar surface area (TPSA) is 68.0 Å². The van der Waals surface area contributed by atoms with Gasteiger partial charge in [0.2, 0.25) is 5.91 Å². The summed E-state index contributed by atoms with van der Waals surface area (Å²) in [7, 11) is 0. The molecule has 0 aliphatic rings. The highest BCUT2D eigenvalue weighted by Crippen LogP contribution is 2.30. The van der Waals surface area contributed by atoms with E-state index in [1.807, 2.05) is 13.8 Å². The molecular weight excluding hydrogens is 291 g/mol. The van der Waals surface area contributed by atoms with Gasteiger partial charge in [0.1, 0.15) is 5.01 Å². The van der Waals surface area contributed by atoms with Crippen LogP contribution in [0, 0.1) is 5.41 Å². The number of thiazole rings is 1. The van der Waals surface area contributed by atoms with Crippen LogP contribution in [-0.4, -0.2) is 17.4 Å². The zero-order chi connectivity index (χ0) is 15.4. The van der Waals surface area contributed by atoms with Crippen molar-refractivity contribution in [1.82, 2.24) is 10.3 Å². The van der Waals surface area contributed by atoms with Gasteiger partial charge in [0.05, 0.1) is 12.0 Å². The molecule has 1 aromatic rings. The first kappa shape index (κ1) is 16.9.